The number of carbonyl (C=O) groups excluding carboxylic acids is 1. The summed E-state index contributed by atoms with van der Waals surface area (Å²) >= 11 is 1.65. The molecule has 2 aromatic rings. The van der Waals surface area contributed by atoms with Crippen LogP contribution in [0, 0.1) is 6.92 Å². The van der Waals surface area contributed by atoms with E-state index in [0.717, 1.165) is 11.1 Å². The van der Waals surface area contributed by atoms with E-state index in [-0.39, 0.29) is 10.8 Å². The number of hydrogen-bond acceptors (Lipinski definition) is 4. The second kappa shape index (κ2) is 7.10. The first kappa shape index (κ1) is 17.4. The van der Waals surface area contributed by atoms with E-state index in [1.54, 1.807) is 34.4 Å². The van der Waals surface area contributed by atoms with Crippen LogP contribution in [0.25, 0.3) is 0 Å². The third-order valence-corrected chi connectivity index (χ3v) is 5.42. The van der Waals surface area contributed by atoms with Crippen molar-refractivity contribution in [2.45, 2.75) is 18.4 Å². The minimum Gasteiger partial charge on any atom is -0.330 e. The molecule has 2 rings (SSSR count). The zero-order valence-electron chi connectivity index (χ0n) is 13.2. The lowest BCUT2D eigenvalue weighted by molar-refractivity contribution is 0.0764. The van der Waals surface area contributed by atoms with Crippen LogP contribution in [-0.4, -0.2) is 32.0 Å². The molecule has 0 radical (unpaired) electrons. The minimum absolute atomic E-state index is 0.143. The molecule has 4 nitrogen and oxygen atoms in total. The maximum atomic E-state index is 12.6. The van der Waals surface area contributed by atoms with Crippen molar-refractivity contribution in [2.75, 3.05) is 12.8 Å². The Morgan fingerprint density at radius 1 is 1.22 bits per heavy atom. The van der Waals surface area contributed by atoms with Crippen molar-refractivity contribution in [3.63, 3.8) is 0 Å². The topological polar surface area (TPSA) is 54.5 Å². The summed E-state index contributed by atoms with van der Waals surface area (Å²) in [6.45, 7) is 6.67. The lowest BCUT2D eigenvalue weighted by atomic mass is 10.2. The molecule has 1 aromatic carbocycles. The van der Waals surface area contributed by atoms with E-state index < -0.39 is 9.84 Å². The average Bonchev–Trinajstić information content (AvgIpc) is 2.90. The zero-order valence-corrected chi connectivity index (χ0v) is 14.8. The molecule has 6 heteroatoms. The number of sulfone groups is 1. The number of benzene rings is 1. The molecular weight excluding hydrogens is 330 g/mol. The predicted molar refractivity (Wildman–Crippen MR) is 93.5 cm³/mol. The van der Waals surface area contributed by atoms with Gasteiger partial charge in [-0.1, -0.05) is 6.08 Å². The Hall–Kier alpha value is -1.92. The van der Waals surface area contributed by atoms with E-state index in [1.165, 1.54) is 17.0 Å². The second-order valence-electron chi connectivity index (χ2n) is 5.28. The summed E-state index contributed by atoms with van der Waals surface area (Å²) in [6, 6.07) is 10.1. The van der Waals surface area contributed by atoms with Gasteiger partial charge in [-0.05, 0) is 43.3 Å². The summed E-state index contributed by atoms with van der Waals surface area (Å²) in [5, 5.41) is 0. The fraction of sp³-hybridized carbons (Fsp3) is 0.235. The maximum absolute atomic E-state index is 12.6. The summed E-state index contributed by atoms with van der Waals surface area (Å²) in [5.41, 5.74) is 0.465. The Morgan fingerprint density at radius 2 is 1.87 bits per heavy atom. The molecule has 23 heavy (non-hydrogen) atoms. The summed E-state index contributed by atoms with van der Waals surface area (Å²) in [5.74, 6) is -0.143. The summed E-state index contributed by atoms with van der Waals surface area (Å²) < 4.78 is 23.0. The van der Waals surface area contributed by atoms with Crippen molar-refractivity contribution in [1.82, 2.24) is 4.90 Å². The SMILES string of the molecule is C=CCN(Cc1ccc(C)s1)C(=O)c1ccc(S(C)(=O)=O)cc1. The molecular formula is C17H19NO3S2. The van der Waals surface area contributed by atoms with Crippen LogP contribution in [-0.2, 0) is 16.4 Å². The highest BCUT2D eigenvalue weighted by Gasteiger charge is 2.17. The van der Waals surface area contributed by atoms with E-state index in [0.29, 0.717) is 18.7 Å². The number of hydrogen-bond donors (Lipinski definition) is 0. The molecule has 1 aromatic heterocycles. The van der Waals surface area contributed by atoms with Crippen molar-refractivity contribution >= 4 is 27.1 Å². The number of aryl methyl sites for hydroxylation is 1. The van der Waals surface area contributed by atoms with Gasteiger partial charge in [-0.15, -0.1) is 17.9 Å². The van der Waals surface area contributed by atoms with Gasteiger partial charge in [0.2, 0.25) is 0 Å². The predicted octanol–water partition coefficient (Wildman–Crippen LogP) is 3.29. The van der Waals surface area contributed by atoms with Gasteiger partial charge in [-0.2, -0.15) is 0 Å². The molecule has 1 amide bonds. The number of nitrogens with zero attached hydrogens (tertiary/aromatic N) is 1. The van der Waals surface area contributed by atoms with Crippen LogP contribution < -0.4 is 0 Å². The lowest BCUT2D eigenvalue weighted by Crippen LogP contribution is -2.30. The van der Waals surface area contributed by atoms with Gasteiger partial charge in [-0.25, -0.2) is 8.42 Å². The average molecular weight is 349 g/mol. The van der Waals surface area contributed by atoms with Crippen molar-refractivity contribution in [1.29, 1.82) is 0 Å². The molecule has 1 heterocycles. The number of carbonyl (C=O) groups is 1. The molecule has 0 aliphatic rings. The molecule has 0 saturated carbocycles. The molecule has 122 valence electrons. The molecule has 0 saturated heterocycles. The van der Waals surface area contributed by atoms with Crippen molar-refractivity contribution in [3.8, 4) is 0 Å². The fourth-order valence-corrected chi connectivity index (χ4v) is 3.70. The first-order valence-electron chi connectivity index (χ1n) is 7.07. The Balaban J connectivity index is 2.21. The van der Waals surface area contributed by atoms with Gasteiger partial charge in [0.25, 0.3) is 5.91 Å². The molecule has 0 unspecified atom stereocenters. The Bertz CT molecular complexity index is 805. The fourth-order valence-electron chi connectivity index (χ4n) is 2.16. The summed E-state index contributed by atoms with van der Waals surface area (Å²) in [6.07, 6.45) is 2.83. The van der Waals surface area contributed by atoms with Crippen LogP contribution in [0.1, 0.15) is 20.1 Å². The van der Waals surface area contributed by atoms with Gasteiger partial charge in [0.15, 0.2) is 9.84 Å². The minimum atomic E-state index is -3.26. The third kappa shape index (κ3) is 4.53. The van der Waals surface area contributed by atoms with Gasteiger partial charge >= 0.3 is 0 Å². The second-order valence-corrected chi connectivity index (χ2v) is 8.67. The largest absolute Gasteiger partial charge is 0.330 e. The van der Waals surface area contributed by atoms with Gasteiger partial charge in [-0.3, -0.25) is 4.79 Å². The van der Waals surface area contributed by atoms with E-state index in [2.05, 4.69) is 6.58 Å². The number of rotatable bonds is 6. The van der Waals surface area contributed by atoms with Crippen LogP contribution >= 0.6 is 11.3 Å². The molecule has 0 fully saturated rings. The monoisotopic (exact) mass is 349 g/mol. The Morgan fingerprint density at radius 3 is 2.35 bits per heavy atom. The van der Waals surface area contributed by atoms with Crippen LogP contribution in [0.4, 0.5) is 0 Å². The van der Waals surface area contributed by atoms with Crippen LogP contribution in [0.2, 0.25) is 0 Å². The van der Waals surface area contributed by atoms with Gasteiger partial charge in [0, 0.05) is 28.1 Å². The van der Waals surface area contributed by atoms with Crippen LogP contribution in [0.15, 0.2) is 53.9 Å². The number of amides is 1. The third-order valence-electron chi connectivity index (χ3n) is 3.31. The lowest BCUT2D eigenvalue weighted by Gasteiger charge is -2.20. The molecule has 0 aliphatic heterocycles. The first-order valence-corrected chi connectivity index (χ1v) is 9.77. The van der Waals surface area contributed by atoms with E-state index in [4.69, 9.17) is 0 Å². The smallest absolute Gasteiger partial charge is 0.254 e. The maximum Gasteiger partial charge on any atom is 0.254 e. The number of thiophene rings is 1. The van der Waals surface area contributed by atoms with Crippen molar-refractivity contribution < 1.29 is 13.2 Å². The van der Waals surface area contributed by atoms with E-state index in [1.807, 2.05) is 19.1 Å². The molecule has 0 spiro atoms. The Kier molecular flexibility index (Phi) is 5.38. The van der Waals surface area contributed by atoms with Crippen LogP contribution in [0.3, 0.4) is 0 Å². The molecule has 0 atom stereocenters. The Labute approximate surface area is 141 Å². The van der Waals surface area contributed by atoms with E-state index in [9.17, 15) is 13.2 Å². The van der Waals surface area contributed by atoms with Crippen LogP contribution in [0.5, 0.6) is 0 Å². The summed E-state index contributed by atoms with van der Waals surface area (Å²) in [7, 11) is -3.26. The molecule has 0 bridgehead atoms. The quantitative estimate of drug-likeness (QED) is 0.752. The highest BCUT2D eigenvalue weighted by atomic mass is 32.2. The molecule has 0 aliphatic carbocycles. The van der Waals surface area contributed by atoms with Crippen molar-refractivity contribution in [2.24, 2.45) is 0 Å². The van der Waals surface area contributed by atoms with Gasteiger partial charge in [0.05, 0.1) is 11.4 Å². The summed E-state index contributed by atoms with van der Waals surface area (Å²) in [4.78, 5) is 16.8. The highest BCUT2D eigenvalue weighted by molar-refractivity contribution is 7.90. The van der Waals surface area contributed by atoms with E-state index >= 15 is 0 Å². The van der Waals surface area contributed by atoms with Gasteiger partial charge < -0.3 is 4.90 Å². The molecule has 0 N–H and O–H groups in total. The zero-order chi connectivity index (χ0) is 17.0. The van der Waals surface area contributed by atoms with Gasteiger partial charge in [0.1, 0.15) is 0 Å². The highest BCUT2D eigenvalue weighted by Crippen LogP contribution is 2.19. The first-order chi connectivity index (χ1) is 10.8. The standard InChI is InChI=1S/C17H19NO3S2/c1-4-11-18(12-15-8-5-13(2)22-15)17(19)14-6-9-16(10-7-14)23(3,20)21/h4-10H,1,11-12H2,2-3H3. The normalized spacial score (nSPS) is 11.2. The van der Waals surface area contributed by atoms with Crippen molar-refractivity contribution in [3.05, 3.63) is 64.4 Å².